The molecule has 0 amide bonds. The molecule has 0 aliphatic heterocycles. The number of rotatable bonds is 2. The highest BCUT2D eigenvalue weighted by molar-refractivity contribution is 5.83. The van der Waals surface area contributed by atoms with Crippen LogP contribution < -0.4 is 4.90 Å². The van der Waals surface area contributed by atoms with Gasteiger partial charge in [0.15, 0.2) is 0 Å². The van der Waals surface area contributed by atoms with Crippen LogP contribution in [0.3, 0.4) is 0 Å². The van der Waals surface area contributed by atoms with Gasteiger partial charge in [-0.1, -0.05) is 48.2 Å². The van der Waals surface area contributed by atoms with Crippen molar-refractivity contribution in [2.24, 2.45) is 0 Å². The molecule has 0 aromatic heterocycles. The second-order valence-corrected chi connectivity index (χ2v) is 5.72. The van der Waals surface area contributed by atoms with Gasteiger partial charge in [0.05, 0.1) is 0 Å². The van der Waals surface area contributed by atoms with Gasteiger partial charge in [-0.25, -0.2) is 0 Å². The normalized spacial score (nSPS) is 11.6. The van der Waals surface area contributed by atoms with Crippen molar-refractivity contribution in [2.45, 2.75) is 6.10 Å². The molecule has 1 unspecified atom stereocenters. The predicted molar refractivity (Wildman–Crippen MR) is 96.6 cm³/mol. The van der Waals surface area contributed by atoms with Crippen molar-refractivity contribution in [3.63, 3.8) is 0 Å². The van der Waals surface area contributed by atoms with Crippen molar-refractivity contribution < 1.29 is 5.11 Å². The summed E-state index contributed by atoms with van der Waals surface area (Å²) >= 11 is 0. The fraction of sp³-hybridized carbons (Fsp3) is 0.143. The lowest BCUT2D eigenvalue weighted by molar-refractivity contribution is 0.238. The molecule has 3 aromatic carbocycles. The van der Waals surface area contributed by atoms with E-state index in [0.717, 1.165) is 27.6 Å². The minimum atomic E-state index is -0.784. The Morgan fingerprint density at radius 3 is 2.26 bits per heavy atom. The van der Waals surface area contributed by atoms with Crippen molar-refractivity contribution in [1.82, 2.24) is 0 Å². The van der Waals surface area contributed by atoms with E-state index in [1.54, 1.807) is 0 Å². The third kappa shape index (κ3) is 3.53. The van der Waals surface area contributed by atoms with Crippen LogP contribution in [0.1, 0.15) is 17.2 Å². The number of anilines is 1. The Bertz CT molecular complexity index is 869. The third-order valence-electron chi connectivity index (χ3n) is 3.83. The van der Waals surface area contributed by atoms with E-state index in [2.05, 4.69) is 17.9 Å². The van der Waals surface area contributed by atoms with Crippen LogP contribution in [0, 0.1) is 11.8 Å². The average molecular weight is 301 g/mol. The number of aliphatic hydroxyl groups is 1. The lowest BCUT2D eigenvalue weighted by atomic mass is 10.0. The van der Waals surface area contributed by atoms with Crippen LogP contribution in [0.2, 0.25) is 0 Å². The molecule has 23 heavy (non-hydrogen) atoms. The molecule has 1 N–H and O–H groups in total. The summed E-state index contributed by atoms with van der Waals surface area (Å²) < 4.78 is 0. The minimum Gasteiger partial charge on any atom is -0.378 e. The molecule has 3 aromatic rings. The van der Waals surface area contributed by atoms with Crippen molar-refractivity contribution in [2.75, 3.05) is 19.0 Å². The number of fused-ring (bicyclic) bond motifs is 1. The standard InChI is InChI=1S/C21H19NO/c1-22(2)20-12-7-16(8-13-20)9-14-21(23)19-11-10-17-5-3-4-6-18(17)15-19/h3-8,10-13,15,21,23H,1-2H3. The van der Waals surface area contributed by atoms with E-state index in [0.29, 0.717) is 0 Å². The van der Waals surface area contributed by atoms with Crippen LogP contribution >= 0.6 is 0 Å². The number of aliphatic hydroxyl groups excluding tert-OH is 1. The Kier molecular flexibility index (Phi) is 4.32. The van der Waals surface area contributed by atoms with Crippen LogP contribution in [-0.2, 0) is 0 Å². The summed E-state index contributed by atoms with van der Waals surface area (Å²) in [5.41, 5.74) is 2.85. The van der Waals surface area contributed by atoms with E-state index in [1.165, 1.54) is 0 Å². The van der Waals surface area contributed by atoms with Gasteiger partial charge in [0.1, 0.15) is 6.10 Å². The monoisotopic (exact) mass is 301 g/mol. The van der Waals surface area contributed by atoms with Crippen molar-refractivity contribution in [1.29, 1.82) is 0 Å². The molecule has 0 aliphatic rings. The maximum atomic E-state index is 10.3. The molecule has 2 nitrogen and oxygen atoms in total. The zero-order valence-electron chi connectivity index (χ0n) is 13.3. The first-order valence-corrected chi connectivity index (χ1v) is 7.59. The molecule has 0 heterocycles. The topological polar surface area (TPSA) is 23.5 Å². The molecule has 114 valence electrons. The summed E-state index contributed by atoms with van der Waals surface area (Å²) in [7, 11) is 4.01. The van der Waals surface area contributed by atoms with Gasteiger partial charge in [0.2, 0.25) is 0 Å². The summed E-state index contributed by atoms with van der Waals surface area (Å²) in [6, 6.07) is 22.0. The lowest BCUT2D eigenvalue weighted by Gasteiger charge is -2.11. The van der Waals surface area contributed by atoms with Gasteiger partial charge >= 0.3 is 0 Å². The van der Waals surface area contributed by atoms with Gasteiger partial charge in [-0.05, 0) is 46.7 Å². The Morgan fingerprint density at radius 2 is 1.57 bits per heavy atom. The van der Waals surface area contributed by atoms with E-state index >= 15 is 0 Å². The summed E-state index contributed by atoms with van der Waals surface area (Å²) in [5, 5.41) is 12.6. The molecule has 0 bridgehead atoms. The van der Waals surface area contributed by atoms with Crippen LogP contribution in [0.15, 0.2) is 66.7 Å². The summed E-state index contributed by atoms with van der Waals surface area (Å²) in [5.74, 6) is 5.96. The highest BCUT2D eigenvalue weighted by atomic mass is 16.3. The average Bonchev–Trinajstić information content (AvgIpc) is 2.59. The van der Waals surface area contributed by atoms with E-state index < -0.39 is 6.10 Å². The smallest absolute Gasteiger partial charge is 0.140 e. The first-order chi connectivity index (χ1) is 11.1. The van der Waals surface area contributed by atoms with Gasteiger partial charge in [0, 0.05) is 25.3 Å². The molecule has 0 aliphatic carbocycles. The van der Waals surface area contributed by atoms with Crippen LogP contribution in [0.25, 0.3) is 10.8 Å². The summed E-state index contributed by atoms with van der Waals surface area (Å²) in [4.78, 5) is 2.04. The second-order valence-electron chi connectivity index (χ2n) is 5.72. The Balaban J connectivity index is 1.81. The van der Waals surface area contributed by atoms with E-state index in [4.69, 9.17) is 0 Å². The molecule has 2 heteroatoms. The summed E-state index contributed by atoms with van der Waals surface area (Å²) in [6.07, 6.45) is -0.784. The number of hydrogen-bond donors (Lipinski definition) is 1. The fourth-order valence-corrected chi connectivity index (χ4v) is 2.46. The number of hydrogen-bond acceptors (Lipinski definition) is 2. The zero-order chi connectivity index (χ0) is 16.2. The second kappa shape index (κ2) is 6.56. The van der Waals surface area contributed by atoms with E-state index in [1.807, 2.05) is 79.7 Å². The van der Waals surface area contributed by atoms with Crippen LogP contribution in [0.4, 0.5) is 5.69 Å². The molecule has 0 spiro atoms. The first kappa shape index (κ1) is 15.1. The fourth-order valence-electron chi connectivity index (χ4n) is 2.46. The first-order valence-electron chi connectivity index (χ1n) is 7.59. The minimum absolute atomic E-state index is 0.784. The number of benzene rings is 3. The molecule has 0 saturated carbocycles. The van der Waals surface area contributed by atoms with Crippen LogP contribution in [-0.4, -0.2) is 19.2 Å². The van der Waals surface area contributed by atoms with Gasteiger partial charge in [-0.3, -0.25) is 0 Å². The molecular weight excluding hydrogens is 282 g/mol. The Labute approximate surface area is 137 Å². The predicted octanol–water partition coefficient (Wildman–Crippen LogP) is 3.99. The highest BCUT2D eigenvalue weighted by Crippen LogP contribution is 2.20. The number of nitrogens with zero attached hydrogens (tertiary/aromatic N) is 1. The Morgan fingerprint density at radius 1 is 0.870 bits per heavy atom. The van der Waals surface area contributed by atoms with E-state index in [9.17, 15) is 5.11 Å². The van der Waals surface area contributed by atoms with Gasteiger partial charge < -0.3 is 10.0 Å². The molecule has 0 radical (unpaired) electrons. The molecular formula is C21H19NO. The third-order valence-corrected chi connectivity index (χ3v) is 3.83. The zero-order valence-corrected chi connectivity index (χ0v) is 13.3. The van der Waals surface area contributed by atoms with Crippen LogP contribution in [0.5, 0.6) is 0 Å². The Hall–Kier alpha value is -2.76. The summed E-state index contributed by atoms with van der Waals surface area (Å²) in [6.45, 7) is 0. The molecule has 1 atom stereocenters. The van der Waals surface area contributed by atoms with Crippen molar-refractivity contribution >= 4 is 16.5 Å². The maximum Gasteiger partial charge on any atom is 0.140 e. The van der Waals surface area contributed by atoms with E-state index in [-0.39, 0.29) is 0 Å². The van der Waals surface area contributed by atoms with Crippen molar-refractivity contribution in [3.05, 3.63) is 77.9 Å². The molecule has 3 rings (SSSR count). The van der Waals surface area contributed by atoms with Gasteiger partial charge in [0.25, 0.3) is 0 Å². The largest absolute Gasteiger partial charge is 0.378 e. The molecule has 0 fully saturated rings. The SMILES string of the molecule is CN(C)c1ccc(C#CC(O)c2ccc3ccccc3c2)cc1. The maximum absolute atomic E-state index is 10.3. The lowest BCUT2D eigenvalue weighted by Crippen LogP contribution is -2.07. The van der Waals surface area contributed by atoms with Gasteiger partial charge in [-0.2, -0.15) is 0 Å². The highest BCUT2D eigenvalue weighted by Gasteiger charge is 2.04. The molecule has 0 saturated heterocycles. The van der Waals surface area contributed by atoms with Gasteiger partial charge in [-0.15, -0.1) is 0 Å². The van der Waals surface area contributed by atoms with Crippen molar-refractivity contribution in [3.8, 4) is 11.8 Å². The quantitative estimate of drug-likeness (QED) is 0.723.